The van der Waals surface area contributed by atoms with Gasteiger partial charge in [0, 0.05) is 25.0 Å². The first kappa shape index (κ1) is 13.4. The summed E-state index contributed by atoms with van der Waals surface area (Å²) in [4.78, 5) is 6.81. The van der Waals surface area contributed by atoms with Crippen LogP contribution in [0.4, 0.5) is 11.5 Å². The molecule has 3 nitrogen and oxygen atoms in total. The van der Waals surface area contributed by atoms with E-state index in [0.717, 1.165) is 31.0 Å². The molecule has 100 valence electrons. The number of hydrogen-bond donors (Lipinski definition) is 1. The lowest BCUT2D eigenvalue weighted by atomic mass is 10.2. The second-order valence-electron chi connectivity index (χ2n) is 4.86. The molecule has 1 aromatic heterocycles. The molecule has 1 heterocycles. The summed E-state index contributed by atoms with van der Waals surface area (Å²) in [5, 5.41) is 0. The summed E-state index contributed by atoms with van der Waals surface area (Å²) in [6.07, 6.45) is 3.02. The summed E-state index contributed by atoms with van der Waals surface area (Å²) >= 11 is 0. The number of benzene rings is 1. The molecule has 2 rings (SSSR count). The predicted molar refractivity (Wildman–Crippen MR) is 81.2 cm³/mol. The number of nitrogens with zero attached hydrogens (tertiary/aromatic N) is 2. The van der Waals surface area contributed by atoms with Crippen molar-refractivity contribution in [1.29, 1.82) is 0 Å². The smallest absolute Gasteiger partial charge is 0.128 e. The fraction of sp³-hybridized carbons (Fsp3) is 0.312. The third-order valence-electron chi connectivity index (χ3n) is 3.07. The van der Waals surface area contributed by atoms with E-state index in [1.807, 2.05) is 18.3 Å². The number of rotatable bonds is 5. The lowest BCUT2D eigenvalue weighted by Crippen LogP contribution is -2.24. The van der Waals surface area contributed by atoms with Crippen LogP contribution in [-0.2, 0) is 6.54 Å². The molecule has 0 amide bonds. The van der Waals surface area contributed by atoms with E-state index in [0.29, 0.717) is 0 Å². The van der Waals surface area contributed by atoms with Crippen molar-refractivity contribution in [3.8, 4) is 0 Å². The third kappa shape index (κ3) is 3.71. The Kier molecular flexibility index (Phi) is 4.39. The lowest BCUT2D eigenvalue weighted by Gasteiger charge is -2.23. The van der Waals surface area contributed by atoms with E-state index in [1.54, 1.807) is 0 Å². The molecule has 0 bridgehead atoms. The molecule has 2 aromatic rings. The van der Waals surface area contributed by atoms with Crippen LogP contribution in [-0.4, -0.2) is 11.5 Å². The van der Waals surface area contributed by atoms with Crippen LogP contribution in [0.2, 0.25) is 0 Å². The van der Waals surface area contributed by atoms with Gasteiger partial charge in [0.2, 0.25) is 0 Å². The summed E-state index contributed by atoms with van der Waals surface area (Å²) in [6, 6.07) is 12.2. The van der Waals surface area contributed by atoms with Gasteiger partial charge < -0.3 is 10.6 Å². The summed E-state index contributed by atoms with van der Waals surface area (Å²) in [5.41, 5.74) is 8.97. The molecule has 0 radical (unpaired) electrons. The van der Waals surface area contributed by atoms with Crippen molar-refractivity contribution in [1.82, 2.24) is 4.98 Å². The van der Waals surface area contributed by atoms with Crippen molar-refractivity contribution in [3.63, 3.8) is 0 Å². The average Bonchev–Trinajstić information content (AvgIpc) is 2.42. The van der Waals surface area contributed by atoms with Gasteiger partial charge in [0.05, 0.1) is 0 Å². The summed E-state index contributed by atoms with van der Waals surface area (Å²) in [7, 11) is 0. The highest BCUT2D eigenvalue weighted by molar-refractivity contribution is 5.43. The van der Waals surface area contributed by atoms with Gasteiger partial charge in [-0.2, -0.15) is 0 Å². The SMILES string of the molecule is CCCN(Cc1ccc(N)cc1)c1ccc(C)cn1. The van der Waals surface area contributed by atoms with Gasteiger partial charge in [0.1, 0.15) is 5.82 Å². The monoisotopic (exact) mass is 255 g/mol. The van der Waals surface area contributed by atoms with Gasteiger partial charge in [0.25, 0.3) is 0 Å². The Morgan fingerprint density at radius 2 is 1.84 bits per heavy atom. The average molecular weight is 255 g/mol. The molecule has 0 aliphatic rings. The van der Waals surface area contributed by atoms with Crippen LogP contribution in [0.3, 0.4) is 0 Å². The van der Waals surface area contributed by atoms with Gasteiger partial charge >= 0.3 is 0 Å². The van der Waals surface area contributed by atoms with Crippen LogP contribution in [0.15, 0.2) is 42.6 Å². The molecule has 0 saturated carbocycles. The Morgan fingerprint density at radius 1 is 1.11 bits per heavy atom. The van der Waals surface area contributed by atoms with Crippen LogP contribution in [0, 0.1) is 6.92 Å². The number of hydrogen-bond acceptors (Lipinski definition) is 3. The number of anilines is 2. The zero-order valence-corrected chi connectivity index (χ0v) is 11.6. The van der Waals surface area contributed by atoms with Crippen molar-refractivity contribution in [2.45, 2.75) is 26.8 Å². The minimum atomic E-state index is 0.805. The summed E-state index contributed by atoms with van der Waals surface area (Å²) in [6.45, 7) is 6.11. The van der Waals surface area contributed by atoms with Gasteiger partial charge in [-0.1, -0.05) is 25.1 Å². The number of aryl methyl sites for hydroxylation is 1. The largest absolute Gasteiger partial charge is 0.399 e. The van der Waals surface area contributed by atoms with E-state index in [2.05, 4.69) is 48.0 Å². The Bertz CT molecular complexity index is 503. The van der Waals surface area contributed by atoms with Crippen LogP contribution >= 0.6 is 0 Å². The second kappa shape index (κ2) is 6.23. The molecule has 0 saturated heterocycles. The standard InChI is InChI=1S/C16H21N3/c1-3-10-19(16-9-4-13(2)11-18-16)12-14-5-7-15(17)8-6-14/h4-9,11H,3,10,12,17H2,1-2H3. The molecule has 0 spiro atoms. The maximum Gasteiger partial charge on any atom is 0.128 e. The maximum atomic E-state index is 5.72. The first-order chi connectivity index (χ1) is 9.19. The molecule has 1 aromatic carbocycles. The Balaban J connectivity index is 2.15. The van der Waals surface area contributed by atoms with Crippen molar-refractivity contribution in [2.75, 3.05) is 17.2 Å². The third-order valence-corrected chi connectivity index (χ3v) is 3.07. The first-order valence-corrected chi connectivity index (χ1v) is 6.71. The molecule has 0 atom stereocenters. The van der Waals surface area contributed by atoms with Crippen molar-refractivity contribution in [2.24, 2.45) is 0 Å². The molecule has 3 heteroatoms. The molecule has 0 unspecified atom stereocenters. The van der Waals surface area contributed by atoms with Crippen LogP contribution < -0.4 is 10.6 Å². The quantitative estimate of drug-likeness (QED) is 0.833. The van der Waals surface area contributed by atoms with E-state index in [-0.39, 0.29) is 0 Å². The zero-order valence-electron chi connectivity index (χ0n) is 11.6. The van der Waals surface area contributed by atoms with Gasteiger partial charge in [-0.25, -0.2) is 4.98 Å². The van der Waals surface area contributed by atoms with Gasteiger partial charge in [-0.15, -0.1) is 0 Å². The normalized spacial score (nSPS) is 10.4. The predicted octanol–water partition coefficient (Wildman–Crippen LogP) is 3.39. The highest BCUT2D eigenvalue weighted by Crippen LogP contribution is 2.16. The van der Waals surface area contributed by atoms with Crippen molar-refractivity contribution in [3.05, 3.63) is 53.7 Å². The Labute approximate surface area is 115 Å². The van der Waals surface area contributed by atoms with Crippen LogP contribution in [0.5, 0.6) is 0 Å². The number of aromatic nitrogens is 1. The van der Waals surface area contributed by atoms with E-state index in [9.17, 15) is 0 Å². The minimum absolute atomic E-state index is 0.805. The highest BCUT2D eigenvalue weighted by atomic mass is 15.2. The van der Waals surface area contributed by atoms with Gasteiger partial charge in [-0.3, -0.25) is 0 Å². The molecular weight excluding hydrogens is 234 g/mol. The molecule has 0 fully saturated rings. The highest BCUT2D eigenvalue weighted by Gasteiger charge is 2.07. The molecular formula is C16H21N3. The van der Waals surface area contributed by atoms with E-state index in [4.69, 9.17) is 5.73 Å². The number of pyridine rings is 1. The van der Waals surface area contributed by atoms with Crippen LogP contribution in [0.1, 0.15) is 24.5 Å². The summed E-state index contributed by atoms with van der Waals surface area (Å²) < 4.78 is 0. The first-order valence-electron chi connectivity index (χ1n) is 6.71. The lowest BCUT2D eigenvalue weighted by molar-refractivity contribution is 0.754. The zero-order chi connectivity index (χ0) is 13.7. The van der Waals surface area contributed by atoms with E-state index < -0.39 is 0 Å². The van der Waals surface area contributed by atoms with Gasteiger partial charge in [0.15, 0.2) is 0 Å². The number of nitrogens with two attached hydrogens (primary N) is 1. The Hall–Kier alpha value is -2.03. The fourth-order valence-corrected chi connectivity index (χ4v) is 2.04. The van der Waals surface area contributed by atoms with E-state index >= 15 is 0 Å². The molecule has 0 aliphatic heterocycles. The van der Waals surface area contributed by atoms with Crippen LogP contribution in [0.25, 0.3) is 0 Å². The van der Waals surface area contributed by atoms with Crippen molar-refractivity contribution >= 4 is 11.5 Å². The second-order valence-corrected chi connectivity index (χ2v) is 4.86. The molecule has 2 N–H and O–H groups in total. The van der Waals surface area contributed by atoms with Gasteiger partial charge in [-0.05, 0) is 42.7 Å². The summed E-state index contributed by atoms with van der Waals surface area (Å²) in [5.74, 6) is 1.03. The van der Waals surface area contributed by atoms with Crippen molar-refractivity contribution < 1.29 is 0 Å². The maximum absolute atomic E-state index is 5.72. The Morgan fingerprint density at radius 3 is 2.42 bits per heavy atom. The number of nitrogen functional groups attached to an aromatic ring is 1. The molecule has 0 aliphatic carbocycles. The van der Waals surface area contributed by atoms with E-state index in [1.165, 1.54) is 11.1 Å². The molecule has 19 heavy (non-hydrogen) atoms. The fourth-order valence-electron chi connectivity index (χ4n) is 2.04. The minimum Gasteiger partial charge on any atom is -0.399 e. The topological polar surface area (TPSA) is 42.1 Å².